The average molecular weight is 342 g/mol. The molecular formula is C19H19FN2O3. The molecule has 0 saturated heterocycles. The largest absolute Gasteiger partial charge is 0.426 e. The van der Waals surface area contributed by atoms with Gasteiger partial charge in [0.15, 0.2) is 17.3 Å². The lowest BCUT2D eigenvalue weighted by atomic mass is 10.1. The Balaban J connectivity index is 1.90. The van der Waals surface area contributed by atoms with Crippen LogP contribution in [0.3, 0.4) is 0 Å². The minimum absolute atomic E-state index is 0.119. The Morgan fingerprint density at radius 2 is 1.96 bits per heavy atom. The van der Waals surface area contributed by atoms with E-state index in [1.807, 2.05) is 37.3 Å². The Bertz CT molecular complexity index is 840. The number of hydrogen-bond acceptors (Lipinski definition) is 4. The van der Waals surface area contributed by atoms with Crippen molar-refractivity contribution in [3.05, 3.63) is 64.9 Å². The minimum atomic E-state index is -0.826. The predicted octanol–water partition coefficient (Wildman–Crippen LogP) is 3.82. The summed E-state index contributed by atoms with van der Waals surface area (Å²) in [6, 6.07) is 9.04. The summed E-state index contributed by atoms with van der Waals surface area (Å²) in [6.45, 7) is 3.27. The van der Waals surface area contributed by atoms with Crippen molar-refractivity contribution in [2.75, 3.05) is 0 Å². The molecule has 1 heterocycles. The monoisotopic (exact) mass is 342 g/mol. The standard InChI is InChI=1S/C19H19FN2O3/c1-12(14-7-4-3-5-8-14)22-18(16(20)11-21-22)19(24)25-17-10-6-9-15(17)13(2)23/h3-5,7-8,11-12H,6,9-10H2,1-2H3/t12-/m1/s1. The van der Waals surface area contributed by atoms with Crippen LogP contribution in [0.15, 0.2) is 47.9 Å². The fourth-order valence-electron chi connectivity index (χ4n) is 3.06. The Morgan fingerprint density at radius 1 is 1.24 bits per heavy atom. The molecule has 0 N–H and O–H groups in total. The molecular weight excluding hydrogens is 323 g/mol. The lowest BCUT2D eigenvalue weighted by Crippen LogP contribution is -2.18. The second-order valence-electron chi connectivity index (χ2n) is 6.07. The van der Waals surface area contributed by atoms with E-state index in [1.54, 1.807) is 0 Å². The lowest BCUT2D eigenvalue weighted by Gasteiger charge is -2.16. The van der Waals surface area contributed by atoms with Crippen LogP contribution in [0.2, 0.25) is 0 Å². The van der Waals surface area contributed by atoms with Crippen molar-refractivity contribution in [1.29, 1.82) is 0 Å². The van der Waals surface area contributed by atoms with E-state index in [1.165, 1.54) is 11.6 Å². The van der Waals surface area contributed by atoms with Gasteiger partial charge in [0.25, 0.3) is 0 Å². The quantitative estimate of drug-likeness (QED) is 0.775. The number of rotatable bonds is 5. The number of benzene rings is 1. The van der Waals surface area contributed by atoms with Crippen molar-refractivity contribution >= 4 is 11.8 Å². The van der Waals surface area contributed by atoms with Gasteiger partial charge in [0.05, 0.1) is 12.2 Å². The topological polar surface area (TPSA) is 61.2 Å². The molecule has 3 rings (SSSR count). The Kier molecular flexibility index (Phi) is 4.79. The Morgan fingerprint density at radius 3 is 2.64 bits per heavy atom. The van der Waals surface area contributed by atoms with Gasteiger partial charge in [-0.3, -0.25) is 4.79 Å². The first-order chi connectivity index (χ1) is 12.0. The summed E-state index contributed by atoms with van der Waals surface area (Å²) in [4.78, 5) is 24.1. The first-order valence-corrected chi connectivity index (χ1v) is 8.22. The normalized spacial score (nSPS) is 15.3. The van der Waals surface area contributed by atoms with Gasteiger partial charge < -0.3 is 4.74 Å². The van der Waals surface area contributed by atoms with Crippen LogP contribution in [0.25, 0.3) is 0 Å². The number of Topliss-reactive ketones (excluding diaryl/α,β-unsaturated/α-hetero) is 1. The van der Waals surface area contributed by atoms with Crippen LogP contribution in [-0.2, 0) is 9.53 Å². The summed E-state index contributed by atoms with van der Waals surface area (Å²) in [5.41, 5.74) is 1.17. The minimum Gasteiger partial charge on any atom is -0.426 e. The zero-order valence-electron chi connectivity index (χ0n) is 14.2. The lowest BCUT2D eigenvalue weighted by molar-refractivity contribution is -0.113. The molecule has 130 valence electrons. The van der Waals surface area contributed by atoms with Crippen molar-refractivity contribution in [2.45, 2.75) is 39.2 Å². The van der Waals surface area contributed by atoms with E-state index in [0.717, 1.165) is 18.2 Å². The van der Waals surface area contributed by atoms with Gasteiger partial charge in [0, 0.05) is 12.0 Å². The smallest absolute Gasteiger partial charge is 0.364 e. The number of ketones is 1. The maximum absolute atomic E-state index is 14.2. The van der Waals surface area contributed by atoms with Gasteiger partial charge in [-0.15, -0.1) is 0 Å². The second kappa shape index (κ2) is 7.01. The number of hydrogen-bond donors (Lipinski definition) is 0. The molecule has 0 amide bonds. The van der Waals surface area contributed by atoms with Crippen LogP contribution < -0.4 is 0 Å². The average Bonchev–Trinajstić information content (AvgIpc) is 3.21. The molecule has 1 aliphatic rings. The number of carbonyl (C=O) groups excluding carboxylic acids is 2. The van der Waals surface area contributed by atoms with E-state index >= 15 is 0 Å². The molecule has 0 saturated carbocycles. The van der Waals surface area contributed by atoms with Gasteiger partial charge >= 0.3 is 5.97 Å². The van der Waals surface area contributed by atoms with E-state index < -0.39 is 11.8 Å². The van der Waals surface area contributed by atoms with Gasteiger partial charge in [-0.25, -0.2) is 13.9 Å². The molecule has 1 aliphatic carbocycles. The number of esters is 1. The molecule has 0 aliphatic heterocycles. The summed E-state index contributed by atoms with van der Waals surface area (Å²) in [5.74, 6) is -1.34. The van der Waals surface area contributed by atoms with E-state index in [9.17, 15) is 14.0 Å². The third-order valence-corrected chi connectivity index (χ3v) is 4.40. The fraction of sp³-hybridized carbons (Fsp3) is 0.316. The van der Waals surface area contributed by atoms with E-state index in [2.05, 4.69) is 5.10 Å². The van der Waals surface area contributed by atoms with Crippen molar-refractivity contribution in [3.63, 3.8) is 0 Å². The van der Waals surface area contributed by atoms with E-state index in [4.69, 9.17) is 4.74 Å². The van der Waals surface area contributed by atoms with Crippen LogP contribution in [-0.4, -0.2) is 21.5 Å². The molecule has 0 radical (unpaired) electrons. The predicted molar refractivity (Wildman–Crippen MR) is 89.4 cm³/mol. The van der Waals surface area contributed by atoms with Gasteiger partial charge in [0.1, 0.15) is 5.76 Å². The molecule has 2 aromatic rings. The van der Waals surface area contributed by atoms with Crippen molar-refractivity contribution < 1.29 is 18.7 Å². The maximum atomic E-state index is 14.2. The van der Waals surface area contributed by atoms with Gasteiger partial charge in [0.2, 0.25) is 0 Å². The molecule has 0 spiro atoms. The number of ether oxygens (including phenoxy) is 1. The number of aromatic nitrogens is 2. The highest BCUT2D eigenvalue weighted by atomic mass is 19.1. The number of halogens is 1. The highest BCUT2D eigenvalue weighted by Gasteiger charge is 2.28. The molecule has 0 unspecified atom stereocenters. The van der Waals surface area contributed by atoms with Crippen molar-refractivity contribution in [3.8, 4) is 0 Å². The fourth-order valence-corrected chi connectivity index (χ4v) is 3.06. The SMILES string of the molecule is CC(=O)C1=C(OC(=O)c2c(F)cnn2[C@H](C)c2ccccc2)CCC1. The number of nitrogens with zero attached hydrogens (tertiary/aromatic N) is 2. The van der Waals surface area contributed by atoms with Gasteiger partial charge in [-0.1, -0.05) is 30.3 Å². The Hall–Kier alpha value is -2.76. The summed E-state index contributed by atoms with van der Waals surface area (Å²) < 4.78 is 20.9. The third-order valence-electron chi connectivity index (χ3n) is 4.40. The molecule has 0 bridgehead atoms. The molecule has 0 fully saturated rings. The number of allylic oxidation sites excluding steroid dienone is 2. The highest BCUT2D eigenvalue weighted by Crippen LogP contribution is 2.29. The van der Waals surface area contributed by atoms with Gasteiger partial charge in [-0.2, -0.15) is 5.10 Å². The molecule has 6 heteroatoms. The molecule has 25 heavy (non-hydrogen) atoms. The summed E-state index contributed by atoms with van der Waals surface area (Å²) in [7, 11) is 0. The molecule has 5 nitrogen and oxygen atoms in total. The zero-order valence-corrected chi connectivity index (χ0v) is 14.2. The first-order valence-electron chi connectivity index (χ1n) is 8.22. The van der Waals surface area contributed by atoms with Crippen LogP contribution in [0, 0.1) is 5.82 Å². The summed E-state index contributed by atoms with van der Waals surface area (Å²) in [5, 5.41) is 4.00. The van der Waals surface area contributed by atoms with E-state index in [-0.39, 0.29) is 17.5 Å². The highest BCUT2D eigenvalue weighted by molar-refractivity contribution is 5.95. The first kappa shape index (κ1) is 17.1. The molecule has 1 atom stereocenters. The third kappa shape index (κ3) is 3.38. The molecule has 1 aromatic heterocycles. The van der Waals surface area contributed by atoms with Crippen molar-refractivity contribution in [2.24, 2.45) is 0 Å². The number of carbonyl (C=O) groups is 2. The van der Waals surface area contributed by atoms with Crippen LogP contribution in [0.4, 0.5) is 4.39 Å². The van der Waals surface area contributed by atoms with Crippen molar-refractivity contribution in [1.82, 2.24) is 9.78 Å². The zero-order chi connectivity index (χ0) is 18.0. The van der Waals surface area contributed by atoms with Crippen LogP contribution >= 0.6 is 0 Å². The molecule has 1 aromatic carbocycles. The van der Waals surface area contributed by atoms with Gasteiger partial charge in [-0.05, 0) is 32.3 Å². The van der Waals surface area contributed by atoms with Crippen LogP contribution in [0.1, 0.15) is 55.2 Å². The summed E-state index contributed by atoms with van der Waals surface area (Å²) >= 11 is 0. The maximum Gasteiger partial charge on any atom is 0.364 e. The Labute approximate surface area is 145 Å². The summed E-state index contributed by atoms with van der Waals surface area (Å²) in [6.07, 6.45) is 2.84. The van der Waals surface area contributed by atoms with Crippen LogP contribution in [0.5, 0.6) is 0 Å². The second-order valence-corrected chi connectivity index (χ2v) is 6.07. The van der Waals surface area contributed by atoms with E-state index in [0.29, 0.717) is 24.2 Å².